The number of aliphatic imine (C=N–C) groups is 3. The number of thioether (sulfide) groups is 1. The highest BCUT2D eigenvalue weighted by molar-refractivity contribution is 7.99. The number of benzene rings is 13. The van der Waals surface area contributed by atoms with Crippen LogP contribution in [-0.4, -0.2) is 152 Å². The van der Waals surface area contributed by atoms with Crippen molar-refractivity contribution in [3.63, 3.8) is 0 Å². The molecule has 1 unspecified atom stereocenters. The second-order valence-electron chi connectivity index (χ2n) is 36.5. The highest BCUT2D eigenvalue weighted by atomic mass is 35.5. The first-order chi connectivity index (χ1) is 64.4. The minimum absolute atomic E-state index is 0.0278. The molecule has 0 saturated heterocycles. The summed E-state index contributed by atoms with van der Waals surface area (Å²) in [6.07, 6.45) is 1.04. The number of methoxy groups -OCH3 is 1. The van der Waals surface area contributed by atoms with Crippen LogP contribution in [0.15, 0.2) is 309 Å². The van der Waals surface area contributed by atoms with Gasteiger partial charge in [0.2, 0.25) is 11.6 Å². The molecule has 0 bridgehead atoms. The van der Waals surface area contributed by atoms with E-state index in [2.05, 4.69) is 238 Å². The summed E-state index contributed by atoms with van der Waals surface area (Å²) in [4.78, 5) is 26.4. The van der Waals surface area contributed by atoms with Crippen molar-refractivity contribution in [2.75, 3.05) is 74.6 Å². The third-order valence-electron chi connectivity index (χ3n) is 22.3. The fourth-order valence-electron chi connectivity index (χ4n) is 14.7. The molecule has 2 aromatic heterocycles. The summed E-state index contributed by atoms with van der Waals surface area (Å²) in [5.74, 6) is 3.72. The Morgan fingerprint density at radius 2 is 0.881 bits per heavy atom. The number of hydrogen-bond donors (Lipinski definition) is 6. The maximum atomic E-state index is 11.6. The average Bonchev–Trinajstić information content (AvgIpc) is 1.77. The molecule has 1 atom stereocenters. The van der Waals surface area contributed by atoms with Gasteiger partial charge in [0.05, 0.1) is 51.7 Å². The van der Waals surface area contributed by atoms with Gasteiger partial charge in [-0.2, -0.15) is 9.97 Å². The Hall–Kier alpha value is -13.0. The van der Waals surface area contributed by atoms with Crippen LogP contribution >= 0.6 is 35.0 Å². The predicted octanol–water partition coefficient (Wildman–Crippen LogP) is 27.7. The van der Waals surface area contributed by atoms with E-state index >= 15 is 0 Å². The summed E-state index contributed by atoms with van der Waals surface area (Å²) >= 11 is 14.4. The van der Waals surface area contributed by atoms with E-state index in [1.54, 1.807) is 49.6 Å². The van der Waals surface area contributed by atoms with Crippen LogP contribution in [0.1, 0.15) is 156 Å². The zero-order valence-corrected chi connectivity index (χ0v) is 83.3. The first-order valence-electron chi connectivity index (χ1n) is 45.1. The van der Waals surface area contributed by atoms with E-state index < -0.39 is 0 Å². The van der Waals surface area contributed by atoms with Gasteiger partial charge >= 0.3 is 0 Å². The molecule has 0 aliphatic carbocycles. The van der Waals surface area contributed by atoms with E-state index in [0.717, 1.165) is 133 Å². The summed E-state index contributed by atoms with van der Waals surface area (Å²) in [6, 6.07) is 92.4. The van der Waals surface area contributed by atoms with Gasteiger partial charge in [0, 0.05) is 87.6 Å². The number of phenols is 6. The number of likely N-dealkylation sites (N-methyl/N-ethyl adjacent to an activating group) is 1. The van der Waals surface area contributed by atoms with Crippen LogP contribution in [-0.2, 0) is 26.7 Å². The molecule has 0 radical (unpaired) electrons. The number of hydrogen-bond acceptors (Lipinski definition) is 19. The standard InChI is InChI=1S/C31H26OS.C24H20Cl2N2O2.C23H28N2O2.C13H20N2O.C12H18N2O.C11H15NO2/c1-22-19-28(27-18-10-16-24-13-8-9-17-26(24)27)30(32)29(20-22)31(25-14-6-3-7-15-25)33-21-23-11-4-2-5-12-23;1-24(2,3)15-12-16(14-8-5-4-6-9-14)21(29)17(13-15)23-27-22(28-30-23)20-18(25)10-7-11-19(20)26;1-14-10-8-9-11-16(14)20-24-21(27-25-20)17-12-15(22(2,3)4)13-18(19(17)26)23(5,6)7;1-11(14-9-6-10-15(2)3)12-7-4-5-8-13(12)16;1-10(13-8-9-14(2)3)11-6-4-5-7-12(11)15;1-9(12-7-8-14-2)10-5-3-4-6-11(10)13/h2-20,31-32H,21H2,1H3;4-13,29H,1-3H3;8-13,26H,1-7H3;4-5,7-8,16H,6,9-10H2,1-3H3;4-7,15H,8-9H2,1-3H3;3-6,13H,7-8H2,1-2H3. The van der Waals surface area contributed by atoms with Crippen molar-refractivity contribution in [1.29, 1.82) is 0 Å². The van der Waals surface area contributed by atoms with Gasteiger partial charge in [0.25, 0.3) is 11.8 Å². The average molecular weight is 1870 g/mol. The first kappa shape index (κ1) is 104. The largest absolute Gasteiger partial charge is 0.507 e. The quantitative estimate of drug-likeness (QED) is 0.0243. The van der Waals surface area contributed by atoms with Crippen LogP contribution in [0.25, 0.3) is 78.7 Å². The van der Waals surface area contributed by atoms with Crippen molar-refractivity contribution in [1.82, 2.24) is 30.1 Å². The first-order valence-corrected chi connectivity index (χ1v) is 46.9. The summed E-state index contributed by atoms with van der Waals surface area (Å²) < 4.78 is 16.0. The fraction of sp³-hybridized carbons (Fsp3) is 0.272. The van der Waals surface area contributed by atoms with Gasteiger partial charge in [-0.05, 0) is 220 Å². The topological polar surface area (TPSA) is 252 Å². The highest BCUT2D eigenvalue weighted by Gasteiger charge is 2.30. The summed E-state index contributed by atoms with van der Waals surface area (Å²) in [5.41, 5.74) is 19.3. The van der Waals surface area contributed by atoms with E-state index in [1.165, 1.54) is 16.5 Å². The van der Waals surface area contributed by atoms with Gasteiger partial charge in [-0.15, -0.1) is 11.8 Å². The number of aromatic hydroxyl groups is 6. The molecule has 13 aromatic carbocycles. The highest BCUT2D eigenvalue weighted by Crippen LogP contribution is 2.49. The molecule has 702 valence electrons. The lowest BCUT2D eigenvalue weighted by molar-refractivity contribution is 0.208. The Balaban J connectivity index is 0.000000173. The molecule has 15 aromatic rings. The minimum Gasteiger partial charge on any atom is -0.507 e. The van der Waals surface area contributed by atoms with E-state index in [0.29, 0.717) is 74.4 Å². The van der Waals surface area contributed by atoms with Crippen molar-refractivity contribution in [2.45, 2.75) is 131 Å². The number of phenolic OH excluding ortho intramolecular Hbond substituents is 6. The molecule has 0 saturated carbocycles. The number of fused-ring (bicyclic) bond motifs is 1. The van der Waals surface area contributed by atoms with Crippen molar-refractivity contribution >= 4 is 62.9 Å². The number of rotatable bonds is 24. The van der Waals surface area contributed by atoms with Gasteiger partial charge < -0.3 is 54.2 Å². The van der Waals surface area contributed by atoms with E-state index in [9.17, 15) is 30.6 Å². The summed E-state index contributed by atoms with van der Waals surface area (Å²) in [5, 5.41) is 73.9. The molecule has 15 rings (SSSR count). The number of para-hydroxylation sites is 3. The molecule has 2 heterocycles. The van der Waals surface area contributed by atoms with Crippen molar-refractivity contribution in [3.8, 4) is 102 Å². The van der Waals surface area contributed by atoms with E-state index in [4.69, 9.17) is 37.0 Å². The van der Waals surface area contributed by atoms with Gasteiger partial charge in [-0.1, -0.05) is 308 Å². The number of aryl methyl sites for hydroxylation is 2. The van der Waals surface area contributed by atoms with Crippen LogP contribution in [0.4, 0.5) is 0 Å². The second-order valence-corrected chi connectivity index (χ2v) is 38.4. The molecule has 0 aliphatic rings. The van der Waals surface area contributed by atoms with Crippen LogP contribution in [0, 0.1) is 13.8 Å². The van der Waals surface area contributed by atoms with Crippen LogP contribution < -0.4 is 0 Å². The smallest absolute Gasteiger partial charge is 0.262 e. The van der Waals surface area contributed by atoms with E-state index in [1.807, 2.05) is 187 Å². The predicted molar refractivity (Wildman–Crippen MR) is 561 cm³/mol. The molecule has 21 heteroatoms. The van der Waals surface area contributed by atoms with Crippen molar-refractivity contribution in [2.24, 2.45) is 15.0 Å². The fourth-order valence-corrected chi connectivity index (χ4v) is 16.5. The summed E-state index contributed by atoms with van der Waals surface area (Å²) in [6.45, 7) is 33.7. The van der Waals surface area contributed by atoms with Crippen LogP contribution in [0.5, 0.6) is 34.5 Å². The molecular formula is C114H127Cl2N9O9S. The van der Waals surface area contributed by atoms with Crippen LogP contribution in [0.3, 0.4) is 0 Å². The molecule has 0 spiro atoms. The Morgan fingerprint density at radius 1 is 0.430 bits per heavy atom. The zero-order chi connectivity index (χ0) is 97.7. The van der Waals surface area contributed by atoms with Gasteiger partial charge in [0.1, 0.15) is 34.5 Å². The number of aromatic nitrogens is 4. The molecular weight excluding hydrogens is 1740 g/mol. The monoisotopic (exact) mass is 1870 g/mol. The maximum Gasteiger partial charge on any atom is 0.262 e. The molecule has 0 fully saturated rings. The molecule has 18 nitrogen and oxygen atoms in total. The van der Waals surface area contributed by atoms with Gasteiger partial charge in [0.15, 0.2) is 0 Å². The Bertz CT molecular complexity index is 6450. The van der Waals surface area contributed by atoms with E-state index in [-0.39, 0.29) is 50.5 Å². The minimum atomic E-state index is -0.209. The second kappa shape index (κ2) is 49.3. The maximum absolute atomic E-state index is 11.6. The van der Waals surface area contributed by atoms with Crippen molar-refractivity contribution < 1.29 is 44.4 Å². The lowest BCUT2D eigenvalue weighted by Gasteiger charge is -2.26. The Morgan fingerprint density at radius 3 is 1.42 bits per heavy atom. The van der Waals surface area contributed by atoms with Crippen LogP contribution in [0.2, 0.25) is 10.0 Å². The lowest BCUT2D eigenvalue weighted by atomic mass is 9.79. The third kappa shape index (κ3) is 29.5. The number of ether oxygens (including phenoxy) is 1. The molecule has 135 heavy (non-hydrogen) atoms. The molecule has 0 amide bonds. The van der Waals surface area contributed by atoms with Gasteiger partial charge in [-0.3, -0.25) is 15.0 Å². The Kier molecular flexibility index (Phi) is 38.0. The molecule has 0 aliphatic heterocycles. The normalized spacial score (nSPS) is 12.0. The Labute approximate surface area is 810 Å². The number of halogens is 2. The SMILES string of the molecule is CC(=NCCCN(C)C)c1ccccc1O.CC(=NCCN(C)C)c1ccccc1O.CC(C)(C)c1cc(-c2ccccc2)c(O)c(-c2nc(-c3c(Cl)cccc3Cl)no2)c1.COCCN=C(C)c1ccccc1O.Cc1cc(-c2cccc3ccccc23)c(O)c(C(SCc2ccccc2)c2ccccc2)c1.Cc1ccccc1-c1noc(-c2cc(C(C)(C)C)cc(C(C)(C)C)c2O)n1. The van der Waals surface area contributed by atoms with Gasteiger partial charge in [-0.25, -0.2) is 0 Å². The van der Waals surface area contributed by atoms with Crippen molar-refractivity contribution in [3.05, 3.63) is 356 Å². The molecule has 6 N–H and O–H groups in total. The zero-order valence-electron chi connectivity index (χ0n) is 81.0. The third-order valence-corrected chi connectivity index (χ3v) is 24.3. The summed E-state index contributed by atoms with van der Waals surface area (Å²) in [7, 11) is 9.79. The lowest BCUT2D eigenvalue weighted by Crippen LogP contribution is -2.17. The number of nitrogens with zero attached hydrogens (tertiary/aromatic N) is 9.